The number of nitrogens with zero attached hydrogens (tertiary/aromatic N) is 4. The van der Waals surface area contributed by atoms with Gasteiger partial charge in [0.1, 0.15) is 11.1 Å². The van der Waals surface area contributed by atoms with Crippen molar-refractivity contribution in [2.75, 3.05) is 13.1 Å². The van der Waals surface area contributed by atoms with Crippen LogP contribution in [0.5, 0.6) is 0 Å². The molecule has 3 aromatic rings. The van der Waals surface area contributed by atoms with E-state index in [0.717, 1.165) is 25.0 Å². The molecule has 0 unspecified atom stereocenters. The van der Waals surface area contributed by atoms with E-state index in [0.29, 0.717) is 35.9 Å². The maximum absolute atomic E-state index is 12.5. The van der Waals surface area contributed by atoms with E-state index in [2.05, 4.69) is 21.0 Å². The Kier molecular flexibility index (Phi) is 6.45. The summed E-state index contributed by atoms with van der Waals surface area (Å²) in [5.74, 6) is -0.678. The molecule has 1 aliphatic carbocycles. The number of hydrogen-bond acceptors (Lipinski definition) is 6. The maximum Gasteiger partial charge on any atom is 0.416 e. The van der Waals surface area contributed by atoms with E-state index >= 15 is 0 Å². The highest BCUT2D eigenvalue weighted by molar-refractivity contribution is 6.00. The van der Waals surface area contributed by atoms with Crippen molar-refractivity contribution in [3.05, 3.63) is 47.8 Å². The highest BCUT2D eigenvalue weighted by Crippen LogP contribution is 2.33. The SMILES string of the molecule is N#CC1CN(C(=O)[C@H](N)C2CC2)C1.O=C(O)c1c[nH]c2ncc(-c3ccc(C(F)(F)F)cc3)nc12. The molecule has 2 fully saturated rings. The summed E-state index contributed by atoms with van der Waals surface area (Å²) >= 11 is 0. The van der Waals surface area contributed by atoms with E-state index in [-0.39, 0.29) is 28.9 Å². The molecule has 1 aromatic carbocycles. The molecule has 1 atom stereocenters. The van der Waals surface area contributed by atoms with E-state index in [1.54, 1.807) is 4.90 Å². The number of carboxylic acids is 1. The number of halogens is 3. The number of nitrogens with two attached hydrogens (primary N) is 1. The molecule has 0 radical (unpaired) electrons. The van der Waals surface area contributed by atoms with Gasteiger partial charge in [-0.15, -0.1) is 0 Å². The second kappa shape index (κ2) is 9.34. The lowest BCUT2D eigenvalue weighted by atomic mass is 10.00. The van der Waals surface area contributed by atoms with Crippen molar-refractivity contribution in [1.29, 1.82) is 5.26 Å². The predicted octanol–water partition coefficient (Wildman–Crippen LogP) is 3.05. The van der Waals surface area contributed by atoms with Crippen LogP contribution >= 0.6 is 0 Å². The quantitative estimate of drug-likeness (QED) is 0.513. The fourth-order valence-electron chi connectivity index (χ4n) is 3.63. The topological polar surface area (TPSA) is 149 Å². The number of nitrogens with one attached hydrogen (secondary N) is 1. The number of amides is 1. The highest BCUT2D eigenvalue weighted by atomic mass is 19.4. The van der Waals surface area contributed by atoms with Crippen LogP contribution in [0.15, 0.2) is 36.7 Å². The van der Waals surface area contributed by atoms with Crippen LogP contribution in [0.25, 0.3) is 22.4 Å². The Morgan fingerprint density at radius 3 is 2.43 bits per heavy atom. The summed E-state index contributed by atoms with van der Waals surface area (Å²) in [6.45, 7) is 1.16. The molecule has 9 nitrogen and oxygen atoms in total. The minimum Gasteiger partial charge on any atom is -0.478 e. The molecule has 4 N–H and O–H groups in total. The Morgan fingerprint density at radius 1 is 1.23 bits per heavy atom. The molecule has 35 heavy (non-hydrogen) atoms. The number of nitriles is 1. The third-order valence-electron chi connectivity index (χ3n) is 5.91. The molecule has 5 rings (SSSR count). The molecule has 0 bridgehead atoms. The number of fused-ring (bicyclic) bond motifs is 1. The van der Waals surface area contributed by atoms with Crippen molar-refractivity contribution in [2.45, 2.75) is 25.1 Å². The molecular weight excluding hydrogens is 465 g/mol. The molecule has 1 amide bonds. The average Bonchev–Trinajstić information content (AvgIpc) is 3.56. The first-order valence-corrected chi connectivity index (χ1v) is 10.8. The number of rotatable bonds is 4. The molecule has 2 aromatic heterocycles. The summed E-state index contributed by atoms with van der Waals surface area (Å²) in [6.07, 6.45) is 0.396. The molecule has 182 valence electrons. The maximum atomic E-state index is 12.5. The zero-order valence-electron chi connectivity index (χ0n) is 18.3. The van der Waals surface area contributed by atoms with Gasteiger partial charge in [-0.2, -0.15) is 18.4 Å². The minimum absolute atomic E-state index is 0.0361. The van der Waals surface area contributed by atoms with Crippen LogP contribution in [0.3, 0.4) is 0 Å². The van der Waals surface area contributed by atoms with Crippen LogP contribution in [0, 0.1) is 23.2 Å². The minimum atomic E-state index is -4.41. The van der Waals surface area contributed by atoms with E-state index in [9.17, 15) is 22.8 Å². The number of H-pyrrole nitrogens is 1. The summed E-state index contributed by atoms with van der Waals surface area (Å²) in [5, 5.41) is 17.6. The number of carbonyl (C=O) groups excluding carboxylic acids is 1. The number of carbonyl (C=O) groups is 2. The van der Waals surface area contributed by atoms with Gasteiger partial charge < -0.3 is 20.7 Å². The van der Waals surface area contributed by atoms with Crippen LogP contribution in [0.4, 0.5) is 13.2 Å². The summed E-state index contributed by atoms with van der Waals surface area (Å²) in [4.78, 5) is 35.2. The lowest BCUT2D eigenvalue weighted by Gasteiger charge is -2.36. The normalized spacial score (nSPS) is 16.6. The van der Waals surface area contributed by atoms with Gasteiger partial charge in [0.15, 0.2) is 5.65 Å². The van der Waals surface area contributed by atoms with Crippen LogP contribution in [-0.4, -0.2) is 56.0 Å². The number of likely N-dealkylation sites (tertiary alicyclic amines) is 1. The first-order chi connectivity index (χ1) is 16.6. The fourth-order valence-corrected chi connectivity index (χ4v) is 3.63. The lowest BCUT2D eigenvalue weighted by molar-refractivity contribution is -0.138. The highest BCUT2D eigenvalue weighted by Gasteiger charge is 2.39. The molecule has 12 heteroatoms. The Balaban J connectivity index is 0.000000189. The molecule has 1 saturated carbocycles. The van der Waals surface area contributed by atoms with E-state index in [1.165, 1.54) is 24.5 Å². The first-order valence-electron chi connectivity index (χ1n) is 10.8. The fraction of sp³-hybridized carbons (Fsp3) is 0.348. The number of aromatic amines is 1. The molecule has 3 heterocycles. The number of benzene rings is 1. The number of hydrogen-bond donors (Lipinski definition) is 3. The van der Waals surface area contributed by atoms with Gasteiger partial charge in [0.25, 0.3) is 0 Å². The van der Waals surface area contributed by atoms with Crippen molar-refractivity contribution >= 4 is 23.0 Å². The Labute approximate surface area is 197 Å². The summed E-state index contributed by atoms with van der Waals surface area (Å²) in [6, 6.07) is 6.25. The van der Waals surface area contributed by atoms with Crippen LogP contribution < -0.4 is 5.73 Å². The molecule has 2 aliphatic rings. The van der Waals surface area contributed by atoms with Gasteiger partial charge in [0.2, 0.25) is 5.91 Å². The van der Waals surface area contributed by atoms with Crippen molar-refractivity contribution in [3.8, 4) is 17.3 Å². The van der Waals surface area contributed by atoms with Crippen molar-refractivity contribution in [3.63, 3.8) is 0 Å². The predicted molar refractivity (Wildman–Crippen MR) is 118 cm³/mol. The number of carboxylic acid groups (broad SMARTS) is 1. The average molecular weight is 486 g/mol. The molecule has 1 saturated heterocycles. The number of aromatic nitrogens is 3. The first kappa shape index (κ1) is 24.2. The van der Waals surface area contributed by atoms with Crippen LogP contribution in [-0.2, 0) is 11.0 Å². The van der Waals surface area contributed by atoms with Crippen LogP contribution in [0.1, 0.15) is 28.8 Å². The summed E-state index contributed by atoms with van der Waals surface area (Å²) < 4.78 is 37.6. The third kappa shape index (κ3) is 5.25. The zero-order chi connectivity index (χ0) is 25.3. The van der Waals surface area contributed by atoms with Gasteiger partial charge in [0, 0.05) is 24.8 Å². The second-order valence-corrected chi connectivity index (χ2v) is 8.47. The summed E-state index contributed by atoms with van der Waals surface area (Å²) in [5.41, 5.74) is 6.10. The Morgan fingerprint density at radius 2 is 1.89 bits per heavy atom. The van der Waals surface area contributed by atoms with Crippen LogP contribution in [0.2, 0.25) is 0 Å². The number of alkyl halides is 3. The summed E-state index contributed by atoms with van der Waals surface area (Å²) in [7, 11) is 0. The van der Waals surface area contributed by atoms with Gasteiger partial charge in [-0.1, -0.05) is 12.1 Å². The van der Waals surface area contributed by atoms with Gasteiger partial charge in [0.05, 0.1) is 35.5 Å². The Bertz CT molecular complexity index is 1290. The largest absolute Gasteiger partial charge is 0.478 e. The third-order valence-corrected chi connectivity index (χ3v) is 5.91. The van der Waals surface area contributed by atoms with Crippen molar-refractivity contribution < 1.29 is 27.9 Å². The van der Waals surface area contributed by atoms with Gasteiger partial charge >= 0.3 is 12.1 Å². The second-order valence-electron chi connectivity index (χ2n) is 8.47. The standard InChI is InChI=1S/C14H8F3N3O2.C9H13N3O/c15-14(16,17)8-3-1-7(2-4-8)10-6-19-12-11(20-10)9(5-18-12)13(21)22;10-3-6-4-12(5-6)9(13)8(11)7-1-2-7/h1-6H,(H,18,19)(H,21,22);6-8H,1-2,4-5,11H2/t;8-/m.1/s1. The van der Waals surface area contributed by atoms with Crippen molar-refractivity contribution in [2.24, 2.45) is 17.6 Å². The smallest absolute Gasteiger partial charge is 0.416 e. The van der Waals surface area contributed by atoms with E-state index in [4.69, 9.17) is 16.1 Å². The number of aromatic carboxylic acids is 1. The zero-order valence-corrected chi connectivity index (χ0v) is 18.3. The molecular formula is C23H21F3N6O3. The van der Waals surface area contributed by atoms with E-state index < -0.39 is 17.7 Å². The van der Waals surface area contributed by atoms with Gasteiger partial charge in [-0.25, -0.2) is 14.8 Å². The van der Waals surface area contributed by atoms with Gasteiger partial charge in [-0.3, -0.25) is 4.79 Å². The molecule has 1 aliphatic heterocycles. The van der Waals surface area contributed by atoms with Crippen molar-refractivity contribution in [1.82, 2.24) is 19.9 Å². The monoisotopic (exact) mass is 486 g/mol. The van der Waals surface area contributed by atoms with Gasteiger partial charge in [-0.05, 0) is 30.9 Å². The van der Waals surface area contributed by atoms with E-state index in [1.807, 2.05) is 0 Å². The Hall–Kier alpha value is -3.98. The molecule has 0 spiro atoms. The lowest BCUT2D eigenvalue weighted by Crippen LogP contribution is -2.55.